The smallest absolute Gasteiger partial charge is 0.251 e. The topological polar surface area (TPSA) is 65.1 Å². The maximum absolute atomic E-state index is 12.1. The van der Waals surface area contributed by atoms with Crippen molar-refractivity contribution in [3.8, 4) is 5.75 Å². The fraction of sp³-hybridized carbons (Fsp3) is 0.211. The van der Waals surface area contributed by atoms with Crippen molar-refractivity contribution in [3.63, 3.8) is 0 Å². The van der Waals surface area contributed by atoms with Gasteiger partial charge in [0.2, 0.25) is 0 Å². The van der Waals surface area contributed by atoms with E-state index < -0.39 is 0 Å². The number of hydrogen-bond donors (Lipinski definition) is 3. The van der Waals surface area contributed by atoms with Crippen molar-refractivity contribution in [2.75, 3.05) is 6.54 Å². The molecule has 3 aromatic rings. The summed E-state index contributed by atoms with van der Waals surface area (Å²) in [6, 6.07) is 12.6. The van der Waals surface area contributed by atoms with Gasteiger partial charge in [-0.1, -0.05) is 24.3 Å². The Morgan fingerprint density at radius 1 is 1.17 bits per heavy atom. The van der Waals surface area contributed by atoms with Gasteiger partial charge in [-0.15, -0.1) is 0 Å². The van der Waals surface area contributed by atoms with Crippen molar-refractivity contribution < 1.29 is 9.90 Å². The highest BCUT2D eigenvalue weighted by atomic mass is 16.3. The predicted molar refractivity (Wildman–Crippen MR) is 91.9 cm³/mol. The van der Waals surface area contributed by atoms with E-state index in [0.717, 1.165) is 12.1 Å². The van der Waals surface area contributed by atoms with Crippen LogP contribution in [0.25, 0.3) is 10.9 Å². The van der Waals surface area contributed by atoms with Crippen LogP contribution in [0, 0.1) is 13.8 Å². The zero-order chi connectivity index (χ0) is 16.4. The third-order valence-corrected chi connectivity index (χ3v) is 4.13. The van der Waals surface area contributed by atoms with Crippen molar-refractivity contribution in [1.82, 2.24) is 10.3 Å². The first-order valence-corrected chi connectivity index (χ1v) is 7.70. The van der Waals surface area contributed by atoms with Crippen molar-refractivity contribution in [2.45, 2.75) is 20.3 Å². The van der Waals surface area contributed by atoms with Crippen molar-refractivity contribution >= 4 is 16.8 Å². The molecule has 4 heteroatoms. The van der Waals surface area contributed by atoms with Gasteiger partial charge in [-0.3, -0.25) is 4.79 Å². The molecule has 3 N–H and O–H groups in total. The number of amides is 1. The van der Waals surface area contributed by atoms with Gasteiger partial charge in [-0.25, -0.2) is 0 Å². The fourth-order valence-electron chi connectivity index (χ4n) is 2.92. The van der Waals surface area contributed by atoms with Gasteiger partial charge in [0.05, 0.1) is 0 Å². The fourth-order valence-corrected chi connectivity index (χ4v) is 2.92. The van der Waals surface area contributed by atoms with E-state index in [0.29, 0.717) is 12.1 Å². The molecule has 1 heterocycles. The normalized spacial score (nSPS) is 10.9. The Kier molecular flexibility index (Phi) is 4.06. The van der Waals surface area contributed by atoms with E-state index in [4.69, 9.17) is 0 Å². The summed E-state index contributed by atoms with van der Waals surface area (Å²) in [6.45, 7) is 4.70. The van der Waals surface area contributed by atoms with E-state index in [1.807, 2.05) is 0 Å². The number of hydrogen-bond acceptors (Lipinski definition) is 2. The number of aromatic amines is 1. The molecule has 0 atom stereocenters. The highest BCUT2D eigenvalue weighted by molar-refractivity contribution is 5.94. The average molecular weight is 308 g/mol. The average Bonchev–Trinajstić information content (AvgIpc) is 2.85. The number of fused-ring (bicyclic) bond motifs is 1. The SMILES string of the molecule is Cc1[nH]c2c(C)cccc2c1CCNC(=O)c1cccc(O)c1. The lowest BCUT2D eigenvalue weighted by Crippen LogP contribution is -2.25. The summed E-state index contributed by atoms with van der Waals surface area (Å²) in [7, 11) is 0. The third-order valence-electron chi connectivity index (χ3n) is 4.13. The van der Waals surface area contributed by atoms with Gasteiger partial charge in [-0.2, -0.15) is 0 Å². The van der Waals surface area contributed by atoms with Crippen LogP contribution in [0.4, 0.5) is 0 Å². The minimum atomic E-state index is -0.172. The van der Waals surface area contributed by atoms with Crippen LogP contribution in [0.5, 0.6) is 5.75 Å². The highest BCUT2D eigenvalue weighted by Gasteiger charge is 2.11. The largest absolute Gasteiger partial charge is 0.508 e. The number of phenolic OH excluding ortho intramolecular Hbond substituents is 1. The zero-order valence-electron chi connectivity index (χ0n) is 13.3. The molecule has 2 aromatic carbocycles. The van der Waals surface area contributed by atoms with E-state index in [1.165, 1.54) is 28.1 Å². The number of carbonyl (C=O) groups excluding carboxylic acids is 1. The van der Waals surface area contributed by atoms with Crippen LogP contribution in [0.1, 0.15) is 27.2 Å². The Labute approximate surface area is 135 Å². The van der Waals surface area contributed by atoms with E-state index in [9.17, 15) is 9.90 Å². The molecule has 23 heavy (non-hydrogen) atoms. The predicted octanol–water partition coefficient (Wildman–Crippen LogP) is 3.46. The Bertz CT molecular complexity index is 865. The molecule has 0 saturated carbocycles. The van der Waals surface area contributed by atoms with Crippen molar-refractivity contribution in [1.29, 1.82) is 0 Å². The van der Waals surface area contributed by atoms with Gasteiger partial charge in [-0.05, 0) is 49.6 Å². The number of rotatable bonds is 4. The van der Waals surface area contributed by atoms with Crippen LogP contribution in [-0.2, 0) is 6.42 Å². The third kappa shape index (κ3) is 3.06. The second-order valence-electron chi connectivity index (χ2n) is 5.78. The zero-order valence-corrected chi connectivity index (χ0v) is 13.3. The molecule has 1 aromatic heterocycles. The Morgan fingerprint density at radius 2 is 1.96 bits per heavy atom. The molecule has 1 amide bonds. The summed E-state index contributed by atoms with van der Waals surface area (Å²) in [5.74, 6) is -0.0739. The minimum absolute atomic E-state index is 0.0978. The number of phenols is 1. The highest BCUT2D eigenvalue weighted by Crippen LogP contribution is 2.24. The molecule has 0 spiro atoms. The van der Waals surface area contributed by atoms with Gasteiger partial charge in [0.15, 0.2) is 0 Å². The maximum atomic E-state index is 12.1. The number of aromatic hydroxyl groups is 1. The number of benzene rings is 2. The monoisotopic (exact) mass is 308 g/mol. The number of para-hydroxylation sites is 1. The van der Waals surface area contributed by atoms with Crippen LogP contribution in [0.2, 0.25) is 0 Å². The Morgan fingerprint density at radius 3 is 2.74 bits per heavy atom. The molecule has 0 unspecified atom stereocenters. The summed E-state index contributed by atoms with van der Waals surface area (Å²) in [5.41, 5.74) is 5.23. The molecule has 0 aliphatic carbocycles. The van der Waals surface area contributed by atoms with Crippen molar-refractivity contribution in [2.24, 2.45) is 0 Å². The lowest BCUT2D eigenvalue weighted by molar-refractivity contribution is 0.0953. The molecule has 4 nitrogen and oxygen atoms in total. The quantitative estimate of drug-likeness (QED) is 0.691. The first-order chi connectivity index (χ1) is 11.1. The van der Waals surface area contributed by atoms with E-state index in [2.05, 4.69) is 42.3 Å². The molecule has 0 saturated heterocycles. The molecular formula is C19H20N2O2. The number of aromatic nitrogens is 1. The number of aryl methyl sites for hydroxylation is 2. The standard InChI is InChI=1S/C19H20N2O2/c1-12-5-3-8-17-16(13(2)21-18(12)17)9-10-20-19(23)14-6-4-7-15(22)11-14/h3-8,11,21-22H,9-10H2,1-2H3,(H,20,23). The van der Waals surface area contributed by atoms with Crippen molar-refractivity contribution in [3.05, 3.63) is 64.8 Å². The minimum Gasteiger partial charge on any atom is -0.508 e. The first kappa shape index (κ1) is 15.2. The lowest BCUT2D eigenvalue weighted by atomic mass is 10.1. The summed E-state index contributed by atoms with van der Waals surface area (Å²) in [5, 5.41) is 13.6. The van der Waals surface area contributed by atoms with Crippen LogP contribution < -0.4 is 5.32 Å². The lowest BCUT2D eigenvalue weighted by Gasteiger charge is -2.06. The molecule has 0 aliphatic heterocycles. The van der Waals surface area contributed by atoms with E-state index in [-0.39, 0.29) is 11.7 Å². The Hall–Kier alpha value is -2.75. The van der Waals surface area contributed by atoms with E-state index in [1.54, 1.807) is 18.2 Å². The summed E-state index contributed by atoms with van der Waals surface area (Å²) >= 11 is 0. The number of nitrogens with one attached hydrogen (secondary N) is 2. The molecule has 0 aliphatic rings. The van der Waals surface area contributed by atoms with Crippen LogP contribution in [0.3, 0.4) is 0 Å². The molecule has 0 radical (unpaired) electrons. The number of H-pyrrole nitrogens is 1. The van der Waals surface area contributed by atoms with Gasteiger partial charge in [0.1, 0.15) is 5.75 Å². The first-order valence-electron chi connectivity index (χ1n) is 7.70. The second kappa shape index (κ2) is 6.16. The molecular weight excluding hydrogens is 288 g/mol. The summed E-state index contributed by atoms with van der Waals surface area (Å²) in [6.07, 6.45) is 0.764. The maximum Gasteiger partial charge on any atom is 0.251 e. The molecule has 0 bridgehead atoms. The summed E-state index contributed by atoms with van der Waals surface area (Å²) in [4.78, 5) is 15.5. The van der Waals surface area contributed by atoms with Gasteiger partial charge in [0, 0.05) is 28.7 Å². The Balaban J connectivity index is 1.71. The van der Waals surface area contributed by atoms with Gasteiger partial charge in [0.25, 0.3) is 5.91 Å². The van der Waals surface area contributed by atoms with E-state index >= 15 is 0 Å². The second-order valence-corrected chi connectivity index (χ2v) is 5.78. The van der Waals surface area contributed by atoms with Crippen LogP contribution >= 0.6 is 0 Å². The molecule has 0 fully saturated rings. The van der Waals surface area contributed by atoms with Gasteiger partial charge >= 0.3 is 0 Å². The van der Waals surface area contributed by atoms with Crippen LogP contribution in [-0.4, -0.2) is 22.5 Å². The number of carbonyl (C=O) groups is 1. The summed E-state index contributed by atoms with van der Waals surface area (Å²) < 4.78 is 0. The molecule has 3 rings (SSSR count). The molecule has 118 valence electrons. The van der Waals surface area contributed by atoms with Gasteiger partial charge < -0.3 is 15.4 Å². The van der Waals surface area contributed by atoms with Crippen LogP contribution in [0.15, 0.2) is 42.5 Å².